The predicted octanol–water partition coefficient (Wildman–Crippen LogP) is 2.20. The molecule has 0 amide bonds. The van der Waals surface area contributed by atoms with Crippen molar-refractivity contribution in [2.45, 2.75) is 40.0 Å². The Labute approximate surface area is 140 Å². The Kier molecular flexibility index (Phi) is 11.3. The van der Waals surface area contributed by atoms with E-state index in [9.17, 15) is 0 Å². The minimum absolute atomic E-state index is 0.364. The van der Waals surface area contributed by atoms with Gasteiger partial charge in [0.25, 0.3) is 0 Å². The van der Waals surface area contributed by atoms with E-state index in [0.29, 0.717) is 11.3 Å². The first-order chi connectivity index (χ1) is 10.1. The van der Waals surface area contributed by atoms with Crippen molar-refractivity contribution in [3.8, 4) is 0 Å². The summed E-state index contributed by atoms with van der Waals surface area (Å²) in [5.74, 6) is 0.610. The molecule has 0 spiro atoms. The van der Waals surface area contributed by atoms with Crippen LogP contribution in [0.25, 0.3) is 0 Å². The molecule has 22 heavy (non-hydrogen) atoms. The fourth-order valence-corrected chi connectivity index (χ4v) is 2.97. The van der Waals surface area contributed by atoms with Crippen molar-refractivity contribution in [2.75, 3.05) is 67.5 Å². The lowest BCUT2D eigenvalue weighted by Gasteiger charge is -2.31. The van der Waals surface area contributed by atoms with Crippen LogP contribution in [-0.4, -0.2) is 82.2 Å². The van der Waals surface area contributed by atoms with E-state index >= 15 is 0 Å². The second-order valence-electron chi connectivity index (χ2n) is 8.48. The van der Waals surface area contributed by atoms with Gasteiger partial charge in [0.2, 0.25) is 0 Å². The van der Waals surface area contributed by atoms with Crippen LogP contribution < -0.4 is 5.73 Å². The smallest absolute Gasteiger partial charge is 0.00219 e. The average Bonchev–Trinajstić information content (AvgIpc) is 2.35. The lowest BCUT2D eigenvalue weighted by Crippen LogP contribution is -2.37. The van der Waals surface area contributed by atoms with Gasteiger partial charge in [-0.05, 0) is 91.5 Å². The van der Waals surface area contributed by atoms with Crippen LogP contribution in [-0.2, 0) is 0 Å². The fraction of sp³-hybridized carbons (Fsp3) is 1.00. The molecule has 0 heterocycles. The van der Waals surface area contributed by atoms with Gasteiger partial charge in [-0.15, -0.1) is 0 Å². The van der Waals surface area contributed by atoms with E-state index in [0.717, 1.165) is 26.2 Å². The van der Waals surface area contributed by atoms with Crippen molar-refractivity contribution in [1.29, 1.82) is 0 Å². The molecule has 0 aliphatic heterocycles. The van der Waals surface area contributed by atoms with E-state index in [1.807, 2.05) is 0 Å². The molecular formula is C18H42N4. The SMILES string of the molecule is CN(C)CCCN(CCCN(C)C)CC(CN)CC(C)(C)C. The van der Waals surface area contributed by atoms with Gasteiger partial charge in [0.15, 0.2) is 0 Å². The molecule has 0 aliphatic carbocycles. The van der Waals surface area contributed by atoms with E-state index in [-0.39, 0.29) is 0 Å². The van der Waals surface area contributed by atoms with E-state index < -0.39 is 0 Å². The molecule has 0 rings (SSSR count). The van der Waals surface area contributed by atoms with Crippen molar-refractivity contribution in [2.24, 2.45) is 17.1 Å². The van der Waals surface area contributed by atoms with E-state index in [4.69, 9.17) is 5.73 Å². The summed E-state index contributed by atoms with van der Waals surface area (Å²) in [5, 5.41) is 0. The molecule has 0 saturated carbocycles. The first kappa shape index (κ1) is 21.8. The number of nitrogens with two attached hydrogens (primary N) is 1. The molecule has 0 saturated heterocycles. The summed E-state index contributed by atoms with van der Waals surface area (Å²) >= 11 is 0. The Bertz CT molecular complexity index is 244. The van der Waals surface area contributed by atoms with Crippen LogP contribution in [0.4, 0.5) is 0 Å². The highest BCUT2D eigenvalue weighted by Gasteiger charge is 2.20. The van der Waals surface area contributed by atoms with Crippen molar-refractivity contribution in [1.82, 2.24) is 14.7 Å². The maximum absolute atomic E-state index is 6.04. The van der Waals surface area contributed by atoms with Crippen LogP contribution in [0.5, 0.6) is 0 Å². The maximum Gasteiger partial charge on any atom is 0.00219 e. The summed E-state index contributed by atoms with van der Waals surface area (Å²) in [6.07, 6.45) is 3.69. The Morgan fingerprint density at radius 2 is 1.27 bits per heavy atom. The molecule has 4 heteroatoms. The lowest BCUT2D eigenvalue weighted by atomic mass is 9.84. The number of rotatable bonds is 12. The molecule has 0 aromatic heterocycles. The van der Waals surface area contributed by atoms with Crippen LogP contribution in [0.1, 0.15) is 40.0 Å². The van der Waals surface area contributed by atoms with Crippen molar-refractivity contribution >= 4 is 0 Å². The summed E-state index contributed by atoms with van der Waals surface area (Å²) < 4.78 is 0. The first-order valence-electron chi connectivity index (χ1n) is 8.86. The zero-order chi connectivity index (χ0) is 17.2. The van der Waals surface area contributed by atoms with Crippen molar-refractivity contribution in [3.05, 3.63) is 0 Å². The van der Waals surface area contributed by atoms with Crippen LogP contribution >= 0.6 is 0 Å². The van der Waals surface area contributed by atoms with Crippen LogP contribution in [0, 0.1) is 11.3 Å². The second kappa shape index (κ2) is 11.4. The molecule has 0 aromatic rings. The van der Waals surface area contributed by atoms with Gasteiger partial charge in [-0.3, -0.25) is 0 Å². The van der Waals surface area contributed by atoms with Crippen LogP contribution in [0.2, 0.25) is 0 Å². The van der Waals surface area contributed by atoms with Gasteiger partial charge in [-0.25, -0.2) is 0 Å². The van der Waals surface area contributed by atoms with Gasteiger partial charge in [0, 0.05) is 6.54 Å². The highest BCUT2D eigenvalue weighted by molar-refractivity contribution is 4.74. The third-order valence-corrected chi connectivity index (χ3v) is 3.91. The minimum Gasteiger partial charge on any atom is -0.330 e. The zero-order valence-corrected chi connectivity index (χ0v) is 16.4. The van der Waals surface area contributed by atoms with Crippen LogP contribution in [0.3, 0.4) is 0 Å². The maximum atomic E-state index is 6.04. The fourth-order valence-electron chi connectivity index (χ4n) is 2.97. The van der Waals surface area contributed by atoms with Crippen LogP contribution in [0.15, 0.2) is 0 Å². The Morgan fingerprint density at radius 3 is 1.59 bits per heavy atom. The van der Waals surface area contributed by atoms with Gasteiger partial charge in [-0.2, -0.15) is 0 Å². The van der Waals surface area contributed by atoms with E-state index in [2.05, 4.69) is 63.7 Å². The third-order valence-electron chi connectivity index (χ3n) is 3.91. The largest absolute Gasteiger partial charge is 0.330 e. The zero-order valence-electron chi connectivity index (χ0n) is 16.4. The molecule has 1 atom stereocenters. The van der Waals surface area contributed by atoms with Gasteiger partial charge in [-0.1, -0.05) is 20.8 Å². The molecule has 0 aliphatic rings. The van der Waals surface area contributed by atoms with Crippen molar-refractivity contribution < 1.29 is 0 Å². The monoisotopic (exact) mass is 314 g/mol. The molecule has 0 radical (unpaired) electrons. The highest BCUT2D eigenvalue weighted by atomic mass is 15.1. The number of hydrogen-bond acceptors (Lipinski definition) is 4. The average molecular weight is 315 g/mol. The molecule has 2 N–H and O–H groups in total. The first-order valence-corrected chi connectivity index (χ1v) is 8.86. The molecule has 0 bridgehead atoms. The normalized spacial score (nSPS) is 14.3. The van der Waals surface area contributed by atoms with Gasteiger partial charge < -0.3 is 20.4 Å². The second-order valence-corrected chi connectivity index (χ2v) is 8.48. The predicted molar refractivity (Wildman–Crippen MR) is 99.4 cm³/mol. The molecule has 134 valence electrons. The van der Waals surface area contributed by atoms with E-state index in [1.54, 1.807) is 0 Å². The molecule has 1 unspecified atom stereocenters. The Hall–Kier alpha value is -0.160. The van der Waals surface area contributed by atoms with Gasteiger partial charge >= 0.3 is 0 Å². The highest BCUT2D eigenvalue weighted by Crippen LogP contribution is 2.24. The molecule has 0 aromatic carbocycles. The summed E-state index contributed by atoms with van der Waals surface area (Å²) in [4.78, 5) is 7.18. The lowest BCUT2D eigenvalue weighted by molar-refractivity contribution is 0.181. The van der Waals surface area contributed by atoms with Gasteiger partial charge in [0.05, 0.1) is 0 Å². The number of nitrogens with zero attached hydrogens (tertiary/aromatic N) is 3. The summed E-state index contributed by atoms with van der Waals surface area (Å²) in [6.45, 7) is 13.6. The summed E-state index contributed by atoms with van der Waals surface area (Å²) in [6, 6.07) is 0. The minimum atomic E-state index is 0.364. The Morgan fingerprint density at radius 1 is 0.818 bits per heavy atom. The van der Waals surface area contributed by atoms with Crippen molar-refractivity contribution in [3.63, 3.8) is 0 Å². The topological polar surface area (TPSA) is 35.7 Å². The van der Waals surface area contributed by atoms with E-state index in [1.165, 1.54) is 32.4 Å². The quantitative estimate of drug-likeness (QED) is 0.599. The molecule has 0 fully saturated rings. The van der Waals surface area contributed by atoms with Gasteiger partial charge in [0.1, 0.15) is 0 Å². The summed E-state index contributed by atoms with van der Waals surface area (Å²) in [5.41, 5.74) is 6.40. The standard InChI is InChI=1S/C18H42N4/c1-18(2,3)14-17(15-19)16-22(12-8-10-20(4)5)13-9-11-21(6)7/h17H,8-16,19H2,1-7H3. The Balaban J connectivity index is 4.39. The molecule has 4 nitrogen and oxygen atoms in total. The number of hydrogen-bond donors (Lipinski definition) is 1. The molecular weight excluding hydrogens is 272 g/mol. The third kappa shape index (κ3) is 13.5. The summed E-state index contributed by atoms with van der Waals surface area (Å²) in [7, 11) is 8.61.